The molecule has 4 aromatic carbocycles. The predicted molar refractivity (Wildman–Crippen MR) is 250 cm³/mol. The number of methoxy groups -OCH3 is 1. The SMILES string of the molecule is CC[C@H](Oc1ccc([C@H]2CN(C)Cc3cc4c(cc3O2)CN(Cc2ccccn2)[C@H](C(=O)N[C@@H](Cc2ccc(-c3ccnc(C)c3C)cc2)C(=O)OC)C4)cc1)c1ccc(Cl)c(Cl)c1. The average Bonchev–Trinajstić information content (AvgIpc) is 3.46. The first-order valence-electron chi connectivity index (χ1n) is 21.7. The van der Waals surface area contributed by atoms with Crippen LogP contribution < -0.4 is 14.8 Å². The monoisotopic (exact) mass is 897 g/mol. The topological polar surface area (TPSA) is 106 Å². The summed E-state index contributed by atoms with van der Waals surface area (Å²) < 4.78 is 18.5. The van der Waals surface area contributed by atoms with Crippen LogP contribution in [-0.2, 0) is 46.8 Å². The van der Waals surface area contributed by atoms with Crippen LogP contribution >= 0.6 is 23.2 Å². The second-order valence-corrected chi connectivity index (χ2v) is 17.6. The second kappa shape index (κ2) is 19.9. The summed E-state index contributed by atoms with van der Waals surface area (Å²) in [5, 5.41) is 4.11. The fourth-order valence-electron chi connectivity index (χ4n) is 8.72. The maximum absolute atomic E-state index is 14.5. The number of hydrogen-bond donors (Lipinski definition) is 1. The van der Waals surface area contributed by atoms with Crippen LogP contribution in [0.15, 0.2) is 116 Å². The maximum atomic E-state index is 14.5. The highest BCUT2D eigenvalue weighted by atomic mass is 35.5. The van der Waals surface area contributed by atoms with E-state index in [-0.39, 0.29) is 24.5 Å². The summed E-state index contributed by atoms with van der Waals surface area (Å²) in [5.41, 5.74) is 11.2. The minimum Gasteiger partial charge on any atom is -0.486 e. The molecule has 2 aromatic heterocycles. The van der Waals surface area contributed by atoms with Gasteiger partial charge in [-0.2, -0.15) is 0 Å². The number of benzene rings is 4. The van der Waals surface area contributed by atoms with Gasteiger partial charge >= 0.3 is 5.97 Å². The summed E-state index contributed by atoms with van der Waals surface area (Å²) in [4.78, 5) is 41.2. The van der Waals surface area contributed by atoms with E-state index in [2.05, 4.69) is 70.2 Å². The van der Waals surface area contributed by atoms with Crippen molar-refractivity contribution in [2.24, 2.45) is 0 Å². The van der Waals surface area contributed by atoms with Gasteiger partial charge in [0.15, 0.2) is 0 Å². The van der Waals surface area contributed by atoms with Crippen molar-refractivity contribution in [2.45, 2.75) is 84.0 Å². The van der Waals surface area contributed by atoms with Crippen molar-refractivity contribution in [2.75, 3.05) is 20.7 Å². The molecule has 10 nitrogen and oxygen atoms in total. The lowest BCUT2D eigenvalue weighted by atomic mass is 9.90. The number of aryl methyl sites for hydroxylation is 1. The summed E-state index contributed by atoms with van der Waals surface area (Å²) in [7, 11) is 3.45. The van der Waals surface area contributed by atoms with Crippen molar-refractivity contribution in [3.05, 3.63) is 176 Å². The Morgan fingerprint density at radius 3 is 2.39 bits per heavy atom. The van der Waals surface area contributed by atoms with Crippen LogP contribution in [0.3, 0.4) is 0 Å². The Bertz CT molecular complexity index is 2610. The van der Waals surface area contributed by atoms with E-state index in [9.17, 15) is 9.59 Å². The van der Waals surface area contributed by atoms with Gasteiger partial charge in [-0.1, -0.05) is 84.7 Å². The fraction of sp³-hybridized carbons (Fsp3) is 0.308. The van der Waals surface area contributed by atoms with Crippen LogP contribution in [-0.4, -0.2) is 64.4 Å². The number of esters is 1. The standard InChI is InChI=1S/C52H53Cl2N5O5/c1-6-48(37-16-19-44(53)45(54)25-37)63-42-17-14-36(15-18-42)50-31-58(4)28-40-24-38-26-47(59(29-39(38)27-49(40)64-50)30-41-9-7-8-21-56-41)51(60)57-46(52(61)62-5)23-34-10-12-35(13-11-34)43-20-22-55-33(3)32(43)2/h7-22,24-25,27,46-48,50H,6,23,26,28-31H2,1-5H3,(H,57,60)/t46-,47-,48-,50+/m0/s1. The van der Waals surface area contributed by atoms with Crippen LogP contribution in [0.1, 0.15) is 75.9 Å². The van der Waals surface area contributed by atoms with Crippen molar-refractivity contribution in [3.8, 4) is 22.6 Å². The smallest absolute Gasteiger partial charge is 0.328 e. The maximum Gasteiger partial charge on any atom is 0.328 e. The Balaban J connectivity index is 1.01. The Kier molecular flexibility index (Phi) is 14.0. The number of carbonyl (C=O) groups excluding carboxylic acids is 2. The lowest BCUT2D eigenvalue weighted by molar-refractivity contribution is -0.146. The summed E-state index contributed by atoms with van der Waals surface area (Å²) in [6, 6.07) is 32.5. The number of nitrogens with zero attached hydrogens (tertiary/aromatic N) is 4. The third kappa shape index (κ3) is 10.3. The van der Waals surface area contributed by atoms with Crippen molar-refractivity contribution >= 4 is 35.1 Å². The first kappa shape index (κ1) is 44.8. The van der Waals surface area contributed by atoms with E-state index >= 15 is 0 Å². The zero-order valence-corrected chi connectivity index (χ0v) is 38.3. The number of likely N-dealkylation sites (N-methyl/N-ethyl adjacent to an activating group) is 1. The summed E-state index contributed by atoms with van der Waals surface area (Å²) in [5.74, 6) is 0.838. The summed E-state index contributed by atoms with van der Waals surface area (Å²) in [6.07, 6.45) is 4.67. The Morgan fingerprint density at radius 2 is 1.67 bits per heavy atom. The molecule has 0 saturated carbocycles. The van der Waals surface area contributed by atoms with Gasteiger partial charge in [0.05, 0.1) is 28.9 Å². The first-order chi connectivity index (χ1) is 31.0. The number of ether oxygens (including phenoxy) is 3. The molecule has 64 heavy (non-hydrogen) atoms. The molecular weight excluding hydrogens is 846 g/mol. The lowest BCUT2D eigenvalue weighted by Crippen LogP contribution is -2.54. The number of hydrogen-bond acceptors (Lipinski definition) is 9. The van der Waals surface area contributed by atoms with Crippen LogP contribution in [0, 0.1) is 13.8 Å². The molecule has 6 aromatic rings. The van der Waals surface area contributed by atoms with E-state index in [0.29, 0.717) is 42.6 Å². The number of pyridine rings is 2. The molecule has 0 unspecified atom stereocenters. The minimum atomic E-state index is -0.881. The molecule has 0 spiro atoms. The largest absolute Gasteiger partial charge is 0.486 e. The molecule has 1 amide bonds. The van der Waals surface area contributed by atoms with Crippen molar-refractivity contribution < 1.29 is 23.8 Å². The average molecular weight is 899 g/mol. The van der Waals surface area contributed by atoms with E-state index in [1.54, 1.807) is 12.3 Å². The Labute approximate surface area is 385 Å². The van der Waals surface area contributed by atoms with Gasteiger partial charge in [0, 0.05) is 56.3 Å². The van der Waals surface area contributed by atoms with Crippen LogP contribution in [0.2, 0.25) is 10.0 Å². The van der Waals surface area contributed by atoms with E-state index in [1.165, 1.54) is 7.11 Å². The highest BCUT2D eigenvalue weighted by Crippen LogP contribution is 2.37. The van der Waals surface area contributed by atoms with Gasteiger partial charge in [-0.15, -0.1) is 0 Å². The minimum absolute atomic E-state index is 0.174. The highest BCUT2D eigenvalue weighted by molar-refractivity contribution is 6.42. The Morgan fingerprint density at radius 1 is 0.875 bits per heavy atom. The van der Waals surface area contributed by atoms with Gasteiger partial charge in [0.2, 0.25) is 5.91 Å². The van der Waals surface area contributed by atoms with Crippen molar-refractivity contribution in [1.29, 1.82) is 0 Å². The van der Waals surface area contributed by atoms with E-state index in [1.807, 2.05) is 85.9 Å². The molecule has 0 fully saturated rings. The van der Waals surface area contributed by atoms with Crippen LogP contribution in [0.5, 0.6) is 11.5 Å². The molecule has 0 saturated heterocycles. The summed E-state index contributed by atoms with van der Waals surface area (Å²) >= 11 is 12.5. The molecule has 0 radical (unpaired) electrons. The highest BCUT2D eigenvalue weighted by Gasteiger charge is 2.36. The lowest BCUT2D eigenvalue weighted by Gasteiger charge is -2.37. The number of fused-ring (bicyclic) bond motifs is 2. The normalized spacial score (nSPS) is 17.2. The number of nitrogens with one attached hydrogen (secondary N) is 1. The number of halogens is 2. The fourth-order valence-corrected chi connectivity index (χ4v) is 9.03. The third-order valence-electron chi connectivity index (χ3n) is 12.4. The number of carbonyl (C=O) groups is 2. The zero-order valence-electron chi connectivity index (χ0n) is 36.8. The van der Waals surface area contributed by atoms with Crippen LogP contribution in [0.4, 0.5) is 0 Å². The van der Waals surface area contributed by atoms with Gasteiger partial charge in [-0.25, -0.2) is 4.79 Å². The van der Waals surface area contributed by atoms with E-state index in [4.69, 9.17) is 37.4 Å². The molecular formula is C52H53Cl2N5O5. The molecule has 0 aliphatic carbocycles. The Hall–Kier alpha value is -5.78. The molecule has 12 heteroatoms. The molecule has 330 valence electrons. The predicted octanol–water partition coefficient (Wildman–Crippen LogP) is 9.99. The van der Waals surface area contributed by atoms with Crippen molar-refractivity contribution in [1.82, 2.24) is 25.1 Å². The van der Waals surface area contributed by atoms with E-state index in [0.717, 1.165) is 79.4 Å². The summed E-state index contributed by atoms with van der Waals surface area (Å²) in [6.45, 7) is 8.43. The van der Waals surface area contributed by atoms with Gasteiger partial charge in [0.1, 0.15) is 29.7 Å². The van der Waals surface area contributed by atoms with E-state index < -0.39 is 18.1 Å². The molecule has 2 aliphatic rings. The molecule has 8 rings (SSSR count). The van der Waals surface area contributed by atoms with Gasteiger partial charge in [0.25, 0.3) is 0 Å². The quantitative estimate of drug-likeness (QED) is 0.113. The first-order valence-corrected chi connectivity index (χ1v) is 22.5. The number of rotatable bonds is 13. The third-order valence-corrected chi connectivity index (χ3v) is 13.1. The van der Waals surface area contributed by atoms with Gasteiger partial charge in [-0.05, 0) is 127 Å². The number of amides is 1. The zero-order chi connectivity index (χ0) is 44.9. The van der Waals surface area contributed by atoms with Gasteiger partial charge in [-0.3, -0.25) is 24.6 Å². The van der Waals surface area contributed by atoms with Gasteiger partial charge < -0.3 is 19.5 Å². The number of aromatic nitrogens is 2. The van der Waals surface area contributed by atoms with Crippen LogP contribution in [0.25, 0.3) is 11.1 Å². The second-order valence-electron chi connectivity index (χ2n) is 16.8. The molecule has 0 bridgehead atoms. The molecule has 1 N–H and O–H groups in total. The molecule has 4 atom stereocenters. The van der Waals surface area contributed by atoms with Crippen molar-refractivity contribution in [3.63, 3.8) is 0 Å². The molecule has 2 aliphatic heterocycles. The molecule has 4 heterocycles.